The van der Waals surface area contributed by atoms with E-state index >= 15 is 0 Å². The van der Waals surface area contributed by atoms with Gasteiger partial charge in [0.05, 0.1) is 5.69 Å². The van der Waals surface area contributed by atoms with Crippen LogP contribution in [0.25, 0.3) is 0 Å². The van der Waals surface area contributed by atoms with Gasteiger partial charge < -0.3 is 5.32 Å². The quantitative estimate of drug-likeness (QED) is 0.782. The summed E-state index contributed by atoms with van der Waals surface area (Å²) in [7, 11) is 0. The molecule has 1 heterocycles. The second-order valence-corrected chi connectivity index (χ2v) is 6.10. The summed E-state index contributed by atoms with van der Waals surface area (Å²) in [5.74, 6) is 1.47. The Labute approximate surface area is 112 Å². The molecule has 2 heteroatoms. The Bertz CT molecular complexity index is 309. The minimum absolute atomic E-state index is 0.327. The van der Waals surface area contributed by atoms with Crippen LogP contribution < -0.4 is 5.32 Å². The molecule has 0 spiro atoms. The number of hydrogen-bond acceptors (Lipinski definition) is 2. The molecule has 102 valence electrons. The number of nitrogens with one attached hydrogen (secondary N) is 1. The van der Waals surface area contributed by atoms with E-state index in [1.54, 1.807) is 0 Å². The van der Waals surface area contributed by atoms with Gasteiger partial charge in [0.2, 0.25) is 0 Å². The maximum Gasteiger partial charge on any atom is 0.0570 e. The molecule has 0 aromatic carbocycles. The molecular formula is C16H28N2. The Kier molecular flexibility index (Phi) is 6.34. The largest absolute Gasteiger partial charge is 0.306 e. The summed E-state index contributed by atoms with van der Waals surface area (Å²) in [6.45, 7) is 11.4. The van der Waals surface area contributed by atoms with Crippen LogP contribution in [0, 0.1) is 11.8 Å². The van der Waals surface area contributed by atoms with Gasteiger partial charge in [-0.05, 0) is 43.7 Å². The monoisotopic (exact) mass is 248 g/mol. The second-order valence-electron chi connectivity index (χ2n) is 6.10. The van der Waals surface area contributed by atoms with Crippen molar-refractivity contribution in [1.82, 2.24) is 10.3 Å². The lowest BCUT2D eigenvalue weighted by Gasteiger charge is -2.26. The zero-order chi connectivity index (χ0) is 13.5. The summed E-state index contributed by atoms with van der Waals surface area (Å²) in [6.07, 6.45) is 4.33. The van der Waals surface area contributed by atoms with Crippen molar-refractivity contribution in [3.63, 3.8) is 0 Å². The van der Waals surface area contributed by atoms with Crippen molar-refractivity contribution < 1.29 is 0 Å². The maximum atomic E-state index is 4.43. The SMILES string of the molecule is CC(C)CC(CC(C)C)N[C@H](C)c1ccccn1. The summed E-state index contributed by atoms with van der Waals surface area (Å²) in [4.78, 5) is 4.43. The molecule has 1 rings (SSSR count). The van der Waals surface area contributed by atoms with Crippen molar-refractivity contribution in [3.8, 4) is 0 Å². The van der Waals surface area contributed by atoms with Gasteiger partial charge in [-0.1, -0.05) is 33.8 Å². The average Bonchev–Trinajstić information content (AvgIpc) is 2.28. The molecule has 0 bridgehead atoms. The lowest BCUT2D eigenvalue weighted by molar-refractivity contribution is 0.333. The van der Waals surface area contributed by atoms with Gasteiger partial charge in [0, 0.05) is 18.3 Å². The molecule has 0 radical (unpaired) electrons. The first kappa shape index (κ1) is 15.2. The minimum atomic E-state index is 0.327. The molecule has 0 saturated heterocycles. The third-order valence-corrected chi connectivity index (χ3v) is 3.13. The molecule has 0 aliphatic heterocycles. The summed E-state index contributed by atoms with van der Waals surface area (Å²) < 4.78 is 0. The molecule has 0 aliphatic carbocycles. The van der Waals surface area contributed by atoms with Gasteiger partial charge in [0.15, 0.2) is 0 Å². The zero-order valence-electron chi connectivity index (χ0n) is 12.5. The smallest absolute Gasteiger partial charge is 0.0570 e. The zero-order valence-corrected chi connectivity index (χ0v) is 12.5. The summed E-state index contributed by atoms with van der Waals surface area (Å²) in [5, 5.41) is 3.73. The molecule has 1 atom stereocenters. The van der Waals surface area contributed by atoms with Gasteiger partial charge in [-0.25, -0.2) is 0 Å². The molecule has 0 saturated carbocycles. The van der Waals surface area contributed by atoms with Crippen molar-refractivity contribution in [2.45, 2.75) is 59.5 Å². The van der Waals surface area contributed by atoms with Gasteiger partial charge in [-0.15, -0.1) is 0 Å². The highest BCUT2D eigenvalue weighted by molar-refractivity contribution is 5.07. The van der Waals surface area contributed by atoms with Crippen molar-refractivity contribution in [3.05, 3.63) is 30.1 Å². The molecule has 1 aromatic rings. The van der Waals surface area contributed by atoms with E-state index in [2.05, 4.69) is 57.1 Å². The fraction of sp³-hybridized carbons (Fsp3) is 0.688. The Morgan fingerprint density at radius 1 is 1.00 bits per heavy atom. The number of hydrogen-bond donors (Lipinski definition) is 1. The van der Waals surface area contributed by atoms with E-state index in [1.165, 1.54) is 12.8 Å². The summed E-state index contributed by atoms with van der Waals surface area (Å²) in [5.41, 5.74) is 1.13. The van der Waals surface area contributed by atoms with Gasteiger partial charge in [0.1, 0.15) is 0 Å². The first-order valence-corrected chi connectivity index (χ1v) is 7.16. The summed E-state index contributed by atoms with van der Waals surface area (Å²) in [6, 6.07) is 7.03. The highest BCUT2D eigenvalue weighted by Crippen LogP contribution is 2.17. The Balaban J connectivity index is 2.59. The fourth-order valence-corrected chi connectivity index (χ4v) is 2.44. The van der Waals surface area contributed by atoms with E-state index in [-0.39, 0.29) is 0 Å². The lowest BCUT2D eigenvalue weighted by Crippen LogP contribution is -2.34. The number of aromatic nitrogens is 1. The molecule has 18 heavy (non-hydrogen) atoms. The van der Waals surface area contributed by atoms with Crippen LogP contribution in [-0.2, 0) is 0 Å². The topological polar surface area (TPSA) is 24.9 Å². The number of pyridine rings is 1. The highest BCUT2D eigenvalue weighted by Gasteiger charge is 2.16. The van der Waals surface area contributed by atoms with Crippen molar-refractivity contribution in [2.75, 3.05) is 0 Å². The van der Waals surface area contributed by atoms with E-state index < -0.39 is 0 Å². The highest BCUT2D eigenvalue weighted by atomic mass is 15.0. The van der Waals surface area contributed by atoms with E-state index in [4.69, 9.17) is 0 Å². The Hall–Kier alpha value is -0.890. The van der Waals surface area contributed by atoms with Gasteiger partial charge in [-0.3, -0.25) is 4.98 Å². The van der Waals surface area contributed by atoms with Crippen LogP contribution in [0.2, 0.25) is 0 Å². The minimum Gasteiger partial charge on any atom is -0.306 e. The van der Waals surface area contributed by atoms with Crippen LogP contribution >= 0.6 is 0 Å². The molecule has 0 aliphatic rings. The molecule has 1 aromatic heterocycles. The molecule has 1 N–H and O–H groups in total. The maximum absolute atomic E-state index is 4.43. The molecule has 2 nitrogen and oxygen atoms in total. The van der Waals surface area contributed by atoms with Gasteiger partial charge >= 0.3 is 0 Å². The second kappa shape index (κ2) is 7.52. The molecule has 0 unspecified atom stereocenters. The molecule has 0 fully saturated rings. The third kappa shape index (κ3) is 5.63. The van der Waals surface area contributed by atoms with E-state index in [0.717, 1.165) is 17.5 Å². The third-order valence-electron chi connectivity index (χ3n) is 3.13. The summed E-state index contributed by atoms with van der Waals surface area (Å²) >= 11 is 0. The van der Waals surface area contributed by atoms with E-state index in [9.17, 15) is 0 Å². The number of nitrogens with zero attached hydrogens (tertiary/aromatic N) is 1. The Morgan fingerprint density at radius 3 is 2.06 bits per heavy atom. The normalized spacial score (nSPS) is 13.6. The van der Waals surface area contributed by atoms with Gasteiger partial charge in [0.25, 0.3) is 0 Å². The fourth-order valence-electron chi connectivity index (χ4n) is 2.44. The van der Waals surface area contributed by atoms with Crippen LogP contribution in [0.3, 0.4) is 0 Å². The first-order valence-electron chi connectivity index (χ1n) is 7.16. The molecule has 0 amide bonds. The predicted octanol–water partition coefficient (Wildman–Crippen LogP) is 4.19. The van der Waals surface area contributed by atoms with Crippen LogP contribution in [-0.4, -0.2) is 11.0 Å². The van der Waals surface area contributed by atoms with Crippen LogP contribution in [0.15, 0.2) is 24.4 Å². The number of rotatable bonds is 7. The first-order chi connectivity index (χ1) is 8.49. The van der Waals surface area contributed by atoms with Crippen molar-refractivity contribution in [2.24, 2.45) is 11.8 Å². The van der Waals surface area contributed by atoms with E-state index in [1.807, 2.05) is 12.3 Å². The van der Waals surface area contributed by atoms with Crippen molar-refractivity contribution >= 4 is 0 Å². The van der Waals surface area contributed by atoms with Crippen LogP contribution in [0.1, 0.15) is 59.2 Å². The Morgan fingerprint density at radius 2 is 1.61 bits per heavy atom. The lowest BCUT2D eigenvalue weighted by atomic mass is 9.95. The van der Waals surface area contributed by atoms with E-state index in [0.29, 0.717) is 12.1 Å². The van der Waals surface area contributed by atoms with Crippen molar-refractivity contribution in [1.29, 1.82) is 0 Å². The van der Waals surface area contributed by atoms with Crippen LogP contribution in [0.4, 0.5) is 0 Å². The van der Waals surface area contributed by atoms with Crippen LogP contribution in [0.5, 0.6) is 0 Å². The molecular weight excluding hydrogens is 220 g/mol. The predicted molar refractivity (Wildman–Crippen MR) is 78.5 cm³/mol. The average molecular weight is 248 g/mol. The van der Waals surface area contributed by atoms with Gasteiger partial charge in [-0.2, -0.15) is 0 Å². The standard InChI is InChI=1S/C16H28N2/c1-12(2)10-15(11-13(3)4)18-14(5)16-8-6-7-9-17-16/h6-9,12-15,18H,10-11H2,1-5H3/t14-/m1/s1.